The van der Waals surface area contributed by atoms with Crippen LogP contribution in [0, 0.1) is 5.41 Å². The molecule has 0 heterocycles. The van der Waals surface area contributed by atoms with Gasteiger partial charge < -0.3 is 10.1 Å². The fourth-order valence-electron chi connectivity index (χ4n) is 1.30. The van der Waals surface area contributed by atoms with Crippen molar-refractivity contribution in [2.24, 2.45) is 5.41 Å². The van der Waals surface area contributed by atoms with Crippen LogP contribution in [-0.2, 0) is 4.74 Å². The molecule has 1 unspecified atom stereocenters. The van der Waals surface area contributed by atoms with Crippen LogP contribution in [0.1, 0.15) is 40.0 Å². The Hall–Kier alpha value is -0.0800. The lowest BCUT2D eigenvalue weighted by molar-refractivity contribution is 0.179. The van der Waals surface area contributed by atoms with Crippen LogP contribution in [0.3, 0.4) is 0 Å². The summed E-state index contributed by atoms with van der Waals surface area (Å²) in [5.41, 5.74) is 0.447. The summed E-state index contributed by atoms with van der Waals surface area (Å²) in [5, 5.41) is 3.33. The van der Waals surface area contributed by atoms with Crippen LogP contribution >= 0.6 is 0 Å². The number of hydrogen-bond donors (Lipinski definition) is 1. The van der Waals surface area contributed by atoms with E-state index in [-0.39, 0.29) is 0 Å². The summed E-state index contributed by atoms with van der Waals surface area (Å²) in [6, 6.07) is 0.610. The van der Waals surface area contributed by atoms with Crippen molar-refractivity contribution in [2.75, 3.05) is 20.8 Å². The number of hydrogen-bond acceptors (Lipinski definition) is 2. The van der Waals surface area contributed by atoms with Gasteiger partial charge in [0.1, 0.15) is 0 Å². The van der Waals surface area contributed by atoms with Crippen molar-refractivity contribution in [3.8, 4) is 0 Å². The summed E-state index contributed by atoms with van der Waals surface area (Å²) in [5.74, 6) is 0. The molecule has 2 nitrogen and oxygen atoms in total. The smallest absolute Gasteiger partial charge is 0.0477 e. The molecule has 2 heteroatoms. The molecule has 1 atom stereocenters. The molecule has 0 aliphatic heterocycles. The first kappa shape index (κ1) is 12.9. The molecule has 0 rings (SSSR count). The molecular formula is C11H25NO. The second kappa shape index (κ2) is 6.39. The Morgan fingerprint density at radius 2 is 1.85 bits per heavy atom. The van der Waals surface area contributed by atoms with Crippen LogP contribution in [0.5, 0.6) is 0 Å². The van der Waals surface area contributed by atoms with Gasteiger partial charge in [0.05, 0.1) is 0 Å². The molecular weight excluding hydrogens is 162 g/mol. The maximum absolute atomic E-state index is 5.07. The van der Waals surface area contributed by atoms with Crippen LogP contribution in [0.2, 0.25) is 0 Å². The highest BCUT2D eigenvalue weighted by atomic mass is 16.5. The lowest BCUT2D eigenvalue weighted by Crippen LogP contribution is -2.27. The van der Waals surface area contributed by atoms with Gasteiger partial charge in [-0.1, -0.05) is 20.8 Å². The summed E-state index contributed by atoms with van der Waals surface area (Å²) in [6.45, 7) is 7.72. The molecule has 0 aromatic rings. The number of rotatable bonds is 6. The zero-order valence-corrected chi connectivity index (χ0v) is 9.81. The van der Waals surface area contributed by atoms with Crippen LogP contribution < -0.4 is 5.32 Å². The highest BCUT2D eigenvalue weighted by Gasteiger charge is 2.13. The maximum atomic E-state index is 5.07. The summed E-state index contributed by atoms with van der Waals surface area (Å²) in [6.07, 6.45) is 3.62. The van der Waals surface area contributed by atoms with E-state index in [1.807, 2.05) is 7.05 Å². The van der Waals surface area contributed by atoms with Gasteiger partial charge in [-0.15, -0.1) is 0 Å². The Morgan fingerprint density at radius 3 is 2.23 bits per heavy atom. The third-order valence-electron chi connectivity index (χ3n) is 2.32. The van der Waals surface area contributed by atoms with Gasteiger partial charge in [-0.25, -0.2) is 0 Å². The van der Waals surface area contributed by atoms with Crippen LogP contribution in [0.15, 0.2) is 0 Å². The first-order valence-electron chi connectivity index (χ1n) is 5.16. The van der Waals surface area contributed by atoms with Gasteiger partial charge in [0, 0.05) is 19.8 Å². The topological polar surface area (TPSA) is 21.3 Å². The van der Waals surface area contributed by atoms with Gasteiger partial charge in [-0.2, -0.15) is 0 Å². The SMILES string of the molecule is CNC(CCOC)CCC(C)(C)C. The minimum atomic E-state index is 0.447. The average Bonchev–Trinajstić information content (AvgIpc) is 2.03. The van der Waals surface area contributed by atoms with Crippen molar-refractivity contribution in [3.63, 3.8) is 0 Å². The summed E-state index contributed by atoms with van der Waals surface area (Å²) < 4.78 is 5.07. The fraction of sp³-hybridized carbons (Fsp3) is 1.00. The molecule has 80 valence electrons. The van der Waals surface area contributed by atoms with Gasteiger partial charge in [-0.05, 0) is 31.7 Å². The fourth-order valence-corrected chi connectivity index (χ4v) is 1.30. The molecule has 0 aromatic heterocycles. The zero-order chi connectivity index (χ0) is 10.3. The first-order valence-corrected chi connectivity index (χ1v) is 5.16. The quantitative estimate of drug-likeness (QED) is 0.689. The van der Waals surface area contributed by atoms with Crippen molar-refractivity contribution in [1.82, 2.24) is 5.32 Å². The molecule has 0 aliphatic carbocycles. The van der Waals surface area contributed by atoms with Crippen molar-refractivity contribution >= 4 is 0 Å². The van der Waals surface area contributed by atoms with E-state index >= 15 is 0 Å². The maximum Gasteiger partial charge on any atom is 0.0477 e. The second-order valence-corrected chi connectivity index (χ2v) is 4.87. The van der Waals surface area contributed by atoms with Gasteiger partial charge in [0.2, 0.25) is 0 Å². The molecule has 0 bridgehead atoms. The van der Waals surface area contributed by atoms with Crippen molar-refractivity contribution < 1.29 is 4.74 Å². The molecule has 1 N–H and O–H groups in total. The highest BCUT2D eigenvalue weighted by Crippen LogP contribution is 2.22. The third-order valence-corrected chi connectivity index (χ3v) is 2.32. The Kier molecular flexibility index (Phi) is 6.35. The second-order valence-electron chi connectivity index (χ2n) is 4.87. The molecule has 0 radical (unpaired) electrons. The normalized spacial score (nSPS) is 14.5. The predicted molar refractivity (Wildman–Crippen MR) is 58.0 cm³/mol. The van der Waals surface area contributed by atoms with Crippen molar-refractivity contribution in [1.29, 1.82) is 0 Å². The van der Waals surface area contributed by atoms with Crippen LogP contribution in [0.25, 0.3) is 0 Å². The Bertz CT molecular complexity index is 118. The predicted octanol–water partition coefficient (Wildman–Crippen LogP) is 2.44. The van der Waals surface area contributed by atoms with Gasteiger partial charge in [0.25, 0.3) is 0 Å². The van der Waals surface area contributed by atoms with E-state index in [4.69, 9.17) is 4.74 Å². The standard InChI is InChI=1S/C11H25NO/c1-11(2,3)8-6-10(12-4)7-9-13-5/h10,12H,6-9H2,1-5H3. The van der Waals surface area contributed by atoms with E-state index in [2.05, 4.69) is 26.1 Å². The van der Waals surface area contributed by atoms with Crippen molar-refractivity contribution in [3.05, 3.63) is 0 Å². The van der Waals surface area contributed by atoms with Crippen molar-refractivity contribution in [2.45, 2.75) is 46.1 Å². The summed E-state index contributed by atoms with van der Waals surface area (Å²) in [4.78, 5) is 0. The van der Waals surface area contributed by atoms with E-state index in [0.29, 0.717) is 11.5 Å². The van der Waals surface area contributed by atoms with E-state index in [0.717, 1.165) is 13.0 Å². The highest BCUT2D eigenvalue weighted by molar-refractivity contribution is 4.69. The van der Waals surface area contributed by atoms with Crippen LogP contribution in [-0.4, -0.2) is 26.8 Å². The number of methoxy groups -OCH3 is 1. The molecule has 0 saturated carbocycles. The molecule has 0 aromatic carbocycles. The number of ether oxygens (including phenoxy) is 1. The first-order chi connectivity index (χ1) is 5.99. The summed E-state index contributed by atoms with van der Waals surface area (Å²) >= 11 is 0. The molecule has 0 saturated heterocycles. The largest absolute Gasteiger partial charge is 0.385 e. The van der Waals surface area contributed by atoms with Gasteiger partial charge in [-0.3, -0.25) is 0 Å². The third kappa shape index (κ3) is 8.26. The van der Waals surface area contributed by atoms with E-state index in [1.165, 1.54) is 12.8 Å². The lowest BCUT2D eigenvalue weighted by Gasteiger charge is -2.22. The number of nitrogens with one attached hydrogen (secondary N) is 1. The van der Waals surface area contributed by atoms with E-state index in [9.17, 15) is 0 Å². The molecule has 0 spiro atoms. The van der Waals surface area contributed by atoms with Gasteiger partial charge >= 0.3 is 0 Å². The van der Waals surface area contributed by atoms with E-state index in [1.54, 1.807) is 7.11 Å². The Balaban J connectivity index is 3.59. The van der Waals surface area contributed by atoms with Crippen LogP contribution in [0.4, 0.5) is 0 Å². The molecule has 0 aliphatic rings. The average molecular weight is 187 g/mol. The molecule has 0 fully saturated rings. The Labute approximate surface area is 83.1 Å². The minimum Gasteiger partial charge on any atom is -0.385 e. The Morgan fingerprint density at radius 1 is 1.23 bits per heavy atom. The zero-order valence-electron chi connectivity index (χ0n) is 9.81. The van der Waals surface area contributed by atoms with E-state index < -0.39 is 0 Å². The summed E-state index contributed by atoms with van der Waals surface area (Å²) in [7, 11) is 3.79. The lowest BCUT2D eigenvalue weighted by atomic mass is 9.88. The minimum absolute atomic E-state index is 0.447. The monoisotopic (exact) mass is 187 g/mol. The molecule has 0 amide bonds. The van der Waals surface area contributed by atoms with Gasteiger partial charge in [0.15, 0.2) is 0 Å². The molecule has 13 heavy (non-hydrogen) atoms.